The van der Waals surface area contributed by atoms with E-state index in [2.05, 4.69) is 0 Å². The molecule has 2 aromatic rings. The second-order valence-electron chi connectivity index (χ2n) is 4.94. The highest BCUT2D eigenvalue weighted by Crippen LogP contribution is 2.24. The normalized spacial score (nSPS) is 10.3. The van der Waals surface area contributed by atoms with E-state index in [0.29, 0.717) is 11.5 Å². The first-order chi connectivity index (χ1) is 9.95. The van der Waals surface area contributed by atoms with Crippen molar-refractivity contribution in [2.24, 2.45) is 0 Å². The Labute approximate surface area is 123 Å². The molecule has 0 aliphatic heterocycles. The van der Waals surface area contributed by atoms with E-state index in [1.807, 2.05) is 32.9 Å². The molecule has 21 heavy (non-hydrogen) atoms. The number of ether oxygens (including phenoxy) is 2. The van der Waals surface area contributed by atoms with Gasteiger partial charge in [-0.2, -0.15) is 0 Å². The van der Waals surface area contributed by atoms with Crippen LogP contribution in [0.25, 0.3) is 0 Å². The summed E-state index contributed by atoms with van der Waals surface area (Å²) >= 11 is 0. The molecule has 0 radical (unpaired) electrons. The lowest BCUT2D eigenvalue weighted by molar-refractivity contribution is -0.136. The van der Waals surface area contributed by atoms with E-state index in [1.165, 1.54) is 24.3 Å². The Kier molecular flexibility index (Phi) is 4.58. The predicted molar refractivity (Wildman–Crippen MR) is 78.2 cm³/mol. The highest BCUT2D eigenvalue weighted by Gasteiger charge is 2.11. The fourth-order valence-electron chi connectivity index (χ4n) is 2.14. The summed E-state index contributed by atoms with van der Waals surface area (Å²) in [7, 11) is 0. The Bertz CT molecular complexity index is 625. The molecule has 0 heterocycles. The van der Waals surface area contributed by atoms with Crippen LogP contribution in [0.15, 0.2) is 36.4 Å². The summed E-state index contributed by atoms with van der Waals surface area (Å²) in [5, 5.41) is 0. The third-order valence-corrected chi connectivity index (χ3v) is 2.99. The number of aryl methyl sites for hydroxylation is 3. The lowest BCUT2D eigenvalue weighted by Gasteiger charge is -2.12. The fraction of sp³-hybridized carbons (Fsp3) is 0.235. The Morgan fingerprint density at radius 1 is 1.05 bits per heavy atom. The second-order valence-corrected chi connectivity index (χ2v) is 4.94. The van der Waals surface area contributed by atoms with Crippen molar-refractivity contribution in [2.45, 2.75) is 20.8 Å². The zero-order valence-corrected chi connectivity index (χ0v) is 12.3. The molecule has 0 N–H and O–H groups in total. The summed E-state index contributed by atoms with van der Waals surface area (Å²) in [5.41, 5.74) is 2.93. The van der Waals surface area contributed by atoms with E-state index in [0.717, 1.165) is 16.7 Å². The number of halogens is 1. The van der Waals surface area contributed by atoms with Crippen LogP contribution in [0.4, 0.5) is 4.39 Å². The first-order valence-corrected chi connectivity index (χ1v) is 6.62. The van der Waals surface area contributed by atoms with Crippen LogP contribution < -0.4 is 9.47 Å². The molecule has 0 spiro atoms. The van der Waals surface area contributed by atoms with Gasteiger partial charge in [0.25, 0.3) is 0 Å². The van der Waals surface area contributed by atoms with Crippen LogP contribution in [0.2, 0.25) is 0 Å². The monoisotopic (exact) mass is 288 g/mol. The first-order valence-electron chi connectivity index (χ1n) is 6.62. The van der Waals surface area contributed by atoms with Gasteiger partial charge in [-0.15, -0.1) is 0 Å². The van der Waals surface area contributed by atoms with Gasteiger partial charge < -0.3 is 9.47 Å². The molecule has 0 aliphatic rings. The summed E-state index contributed by atoms with van der Waals surface area (Å²) in [6.07, 6.45) is 0. The lowest BCUT2D eigenvalue weighted by Crippen LogP contribution is -2.18. The summed E-state index contributed by atoms with van der Waals surface area (Å²) < 4.78 is 23.3. The molecule has 0 saturated carbocycles. The molecule has 4 heteroatoms. The van der Waals surface area contributed by atoms with Gasteiger partial charge in [-0.1, -0.05) is 17.7 Å². The van der Waals surface area contributed by atoms with Gasteiger partial charge >= 0.3 is 5.97 Å². The van der Waals surface area contributed by atoms with E-state index in [-0.39, 0.29) is 12.4 Å². The topological polar surface area (TPSA) is 35.5 Å². The van der Waals surface area contributed by atoms with Gasteiger partial charge in [0.05, 0.1) is 0 Å². The highest BCUT2D eigenvalue weighted by atomic mass is 19.1. The smallest absolute Gasteiger partial charge is 0.349 e. The van der Waals surface area contributed by atoms with Crippen molar-refractivity contribution in [3.8, 4) is 11.5 Å². The predicted octanol–water partition coefficient (Wildman–Crippen LogP) is 3.74. The molecule has 0 fully saturated rings. The minimum atomic E-state index is -0.491. The third kappa shape index (κ3) is 4.05. The second kappa shape index (κ2) is 6.39. The van der Waals surface area contributed by atoms with Crippen molar-refractivity contribution < 1.29 is 18.7 Å². The van der Waals surface area contributed by atoms with Gasteiger partial charge in [-0.05, 0) is 56.2 Å². The molecule has 0 aliphatic carbocycles. The Hall–Kier alpha value is -2.36. The maximum Gasteiger partial charge on any atom is 0.349 e. The van der Waals surface area contributed by atoms with E-state index in [4.69, 9.17) is 9.47 Å². The Morgan fingerprint density at radius 3 is 2.19 bits per heavy atom. The fourth-order valence-corrected chi connectivity index (χ4v) is 2.14. The van der Waals surface area contributed by atoms with Crippen LogP contribution in [-0.4, -0.2) is 12.6 Å². The van der Waals surface area contributed by atoms with Crippen LogP contribution in [0.3, 0.4) is 0 Å². The Morgan fingerprint density at radius 2 is 1.62 bits per heavy atom. The van der Waals surface area contributed by atoms with Crippen LogP contribution in [-0.2, 0) is 4.79 Å². The number of rotatable bonds is 4. The lowest BCUT2D eigenvalue weighted by atomic mass is 10.1. The number of hydrogen-bond acceptors (Lipinski definition) is 3. The van der Waals surface area contributed by atoms with E-state index in [9.17, 15) is 9.18 Å². The minimum absolute atomic E-state index is 0.224. The van der Waals surface area contributed by atoms with Gasteiger partial charge in [0, 0.05) is 0 Å². The molecular formula is C17H17FO3. The largest absolute Gasteiger partial charge is 0.482 e. The number of esters is 1. The number of benzene rings is 2. The molecule has 0 saturated heterocycles. The van der Waals surface area contributed by atoms with Crippen molar-refractivity contribution in [3.63, 3.8) is 0 Å². The van der Waals surface area contributed by atoms with Crippen molar-refractivity contribution in [2.75, 3.05) is 6.61 Å². The average molecular weight is 288 g/mol. The van der Waals surface area contributed by atoms with Crippen LogP contribution >= 0.6 is 0 Å². The molecule has 0 aromatic heterocycles. The third-order valence-electron chi connectivity index (χ3n) is 2.99. The van der Waals surface area contributed by atoms with Crippen molar-refractivity contribution in [1.29, 1.82) is 0 Å². The van der Waals surface area contributed by atoms with Gasteiger partial charge in [-0.25, -0.2) is 9.18 Å². The summed E-state index contributed by atoms with van der Waals surface area (Å²) in [5.74, 6) is 0.143. The summed E-state index contributed by atoms with van der Waals surface area (Å²) in [6.45, 7) is 5.55. The molecule has 0 amide bonds. The maximum atomic E-state index is 12.7. The van der Waals surface area contributed by atoms with Crippen LogP contribution in [0, 0.1) is 26.6 Å². The average Bonchev–Trinajstić information content (AvgIpc) is 2.42. The highest BCUT2D eigenvalue weighted by molar-refractivity contribution is 5.74. The van der Waals surface area contributed by atoms with Crippen LogP contribution in [0.1, 0.15) is 16.7 Å². The standard InChI is InChI=1S/C17H17FO3/c1-11-8-12(2)17(13(3)9-11)21-16(19)10-20-15-6-4-14(18)5-7-15/h4-9H,10H2,1-3H3. The van der Waals surface area contributed by atoms with Gasteiger partial charge in [0.15, 0.2) is 6.61 Å². The molecule has 2 rings (SSSR count). The van der Waals surface area contributed by atoms with Crippen molar-refractivity contribution >= 4 is 5.97 Å². The Balaban J connectivity index is 1.97. The molecule has 2 aromatic carbocycles. The van der Waals surface area contributed by atoms with Gasteiger partial charge in [0.1, 0.15) is 17.3 Å². The van der Waals surface area contributed by atoms with E-state index in [1.54, 1.807) is 0 Å². The summed E-state index contributed by atoms with van der Waals surface area (Å²) in [4.78, 5) is 11.8. The van der Waals surface area contributed by atoms with Crippen LogP contribution in [0.5, 0.6) is 11.5 Å². The molecule has 0 unspecified atom stereocenters. The summed E-state index contributed by atoms with van der Waals surface area (Å²) in [6, 6.07) is 9.38. The van der Waals surface area contributed by atoms with Crippen molar-refractivity contribution in [3.05, 3.63) is 58.9 Å². The first kappa shape index (κ1) is 15.0. The maximum absolute atomic E-state index is 12.7. The van der Waals surface area contributed by atoms with E-state index >= 15 is 0 Å². The SMILES string of the molecule is Cc1cc(C)c(OC(=O)COc2ccc(F)cc2)c(C)c1. The quantitative estimate of drug-likeness (QED) is 0.635. The number of hydrogen-bond donors (Lipinski definition) is 0. The number of carbonyl (C=O) groups is 1. The van der Waals surface area contributed by atoms with Crippen molar-refractivity contribution in [1.82, 2.24) is 0 Å². The zero-order chi connectivity index (χ0) is 15.4. The van der Waals surface area contributed by atoms with E-state index < -0.39 is 5.97 Å². The van der Waals surface area contributed by atoms with Gasteiger partial charge in [0.2, 0.25) is 0 Å². The molecule has 110 valence electrons. The molecule has 3 nitrogen and oxygen atoms in total. The number of carbonyl (C=O) groups excluding carboxylic acids is 1. The van der Waals surface area contributed by atoms with Gasteiger partial charge in [-0.3, -0.25) is 0 Å². The molecular weight excluding hydrogens is 271 g/mol. The molecule has 0 bridgehead atoms. The zero-order valence-electron chi connectivity index (χ0n) is 12.3. The minimum Gasteiger partial charge on any atom is -0.482 e. The molecule has 0 atom stereocenters.